The van der Waals surface area contributed by atoms with Gasteiger partial charge in [-0.05, 0) is 25.0 Å². The Labute approximate surface area is 99.5 Å². The predicted octanol–water partition coefficient (Wildman–Crippen LogP) is 0.972. The second kappa shape index (κ2) is 4.57. The summed E-state index contributed by atoms with van der Waals surface area (Å²) in [6.07, 6.45) is 3.41. The number of hydrogen-bond donors (Lipinski definition) is 1. The van der Waals surface area contributed by atoms with Crippen LogP contribution in [0.3, 0.4) is 0 Å². The summed E-state index contributed by atoms with van der Waals surface area (Å²) >= 11 is 4.97. The first kappa shape index (κ1) is 11.0. The van der Waals surface area contributed by atoms with Gasteiger partial charge in [-0.2, -0.15) is 0 Å². The molecule has 1 atom stereocenters. The standard InChI is InChI=1S/C11H13N3OS/c12-10(16)9-5-3-7-14(9)11(15)8-4-1-2-6-13-8/h1-2,4,6,9H,3,5,7H2,(H2,12,16). The maximum Gasteiger partial charge on any atom is 0.273 e. The Morgan fingerprint density at radius 2 is 2.38 bits per heavy atom. The molecule has 0 aliphatic carbocycles. The number of rotatable bonds is 2. The highest BCUT2D eigenvalue weighted by Gasteiger charge is 2.31. The Balaban J connectivity index is 2.19. The van der Waals surface area contributed by atoms with Crippen LogP contribution in [-0.4, -0.2) is 33.4 Å². The van der Waals surface area contributed by atoms with Gasteiger partial charge in [0.2, 0.25) is 0 Å². The Morgan fingerprint density at radius 1 is 1.56 bits per heavy atom. The molecule has 4 nitrogen and oxygen atoms in total. The summed E-state index contributed by atoms with van der Waals surface area (Å²) in [5, 5.41) is 0. The largest absolute Gasteiger partial charge is 0.392 e. The van der Waals surface area contributed by atoms with E-state index in [0.717, 1.165) is 12.8 Å². The summed E-state index contributed by atoms with van der Waals surface area (Å²) in [5.41, 5.74) is 6.07. The monoisotopic (exact) mass is 235 g/mol. The minimum atomic E-state index is -0.107. The molecule has 2 rings (SSSR count). The highest BCUT2D eigenvalue weighted by molar-refractivity contribution is 7.80. The number of nitrogens with two attached hydrogens (primary N) is 1. The number of hydrogen-bond acceptors (Lipinski definition) is 3. The lowest BCUT2D eigenvalue weighted by molar-refractivity contribution is 0.0764. The molecule has 16 heavy (non-hydrogen) atoms. The van der Waals surface area contributed by atoms with Gasteiger partial charge in [0, 0.05) is 12.7 Å². The summed E-state index contributed by atoms with van der Waals surface area (Å²) in [6.45, 7) is 0.706. The van der Waals surface area contributed by atoms with E-state index in [-0.39, 0.29) is 11.9 Å². The van der Waals surface area contributed by atoms with E-state index in [0.29, 0.717) is 17.2 Å². The van der Waals surface area contributed by atoms with E-state index in [2.05, 4.69) is 4.98 Å². The number of carbonyl (C=O) groups excluding carboxylic acids is 1. The fourth-order valence-electron chi connectivity index (χ4n) is 1.94. The zero-order chi connectivity index (χ0) is 11.5. The van der Waals surface area contributed by atoms with E-state index < -0.39 is 0 Å². The zero-order valence-corrected chi connectivity index (χ0v) is 9.61. The molecule has 2 heterocycles. The van der Waals surface area contributed by atoms with Crippen LogP contribution in [0.5, 0.6) is 0 Å². The van der Waals surface area contributed by atoms with Crippen molar-refractivity contribution in [3.8, 4) is 0 Å². The topological polar surface area (TPSA) is 59.2 Å². The number of amides is 1. The molecule has 0 spiro atoms. The van der Waals surface area contributed by atoms with Crippen molar-refractivity contribution >= 4 is 23.1 Å². The summed E-state index contributed by atoms with van der Waals surface area (Å²) in [6, 6.07) is 5.18. The van der Waals surface area contributed by atoms with Crippen LogP contribution in [0.2, 0.25) is 0 Å². The summed E-state index contributed by atoms with van der Waals surface area (Å²) in [4.78, 5) is 18.3. The Morgan fingerprint density at radius 3 is 3.00 bits per heavy atom. The van der Waals surface area contributed by atoms with Gasteiger partial charge in [0.25, 0.3) is 5.91 Å². The molecule has 84 valence electrons. The van der Waals surface area contributed by atoms with Gasteiger partial charge < -0.3 is 10.6 Å². The average Bonchev–Trinajstić information content (AvgIpc) is 2.78. The highest BCUT2D eigenvalue weighted by Crippen LogP contribution is 2.19. The Kier molecular flexibility index (Phi) is 3.14. The van der Waals surface area contributed by atoms with Gasteiger partial charge in [-0.3, -0.25) is 9.78 Å². The van der Waals surface area contributed by atoms with E-state index in [9.17, 15) is 4.79 Å². The second-order valence-electron chi connectivity index (χ2n) is 3.77. The molecular weight excluding hydrogens is 222 g/mol. The van der Waals surface area contributed by atoms with Crippen LogP contribution in [0.1, 0.15) is 23.3 Å². The quantitative estimate of drug-likeness (QED) is 0.776. The molecule has 2 N–H and O–H groups in total. The van der Waals surface area contributed by atoms with E-state index >= 15 is 0 Å². The third kappa shape index (κ3) is 2.04. The van der Waals surface area contributed by atoms with Gasteiger partial charge >= 0.3 is 0 Å². The first-order chi connectivity index (χ1) is 7.70. The lowest BCUT2D eigenvalue weighted by Gasteiger charge is -2.23. The van der Waals surface area contributed by atoms with Crippen LogP contribution in [0.25, 0.3) is 0 Å². The van der Waals surface area contributed by atoms with Crippen LogP contribution >= 0.6 is 12.2 Å². The zero-order valence-electron chi connectivity index (χ0n) is 8.80. The number of nitrogens with zero attached hydrogens (tertiary/aromatic N) is 2. The van der Waals surface area contributed by atoms with Gasteiger partial charge in [-0.1, -0.05) is 18.3 Å². The average molecular weight is 235 g/mol. The molecule has 0 radical (unpaired) electrons. The Hall–Kier alpha value is -1.49. The van der Waals surface area contributed by atoms with Crippen molar-refractivity contribution in [2.75, 3.05) is 6.54 Å². The van der Waals surface area contributed by atoms with Gasteiger partial charge in [0.05, 0.1) is 11.0 Å². The molecule has 1 saturated heterocycles. The minimum Gasteiger partial charge on any atom is -0.392 e. The molecule has 1 aromatic rings. The molecule has 1 aliphatic rings. The smallest absolute Gasteiger partial charge is 0.273 e. The third-order valence-corrected chi connectivity index (χ3v) is 3.00. The molecule has 1 unspecified atom stereocenters. The molecule has 0 saturated carbocycles. The lowest BCUT2D eigenvalue weighted by Crippen LogP contribution is -2.43. The fourth-order valence-corrected chi connectivity index (χ4v) is 2.19. The predicted molar refractivity (Wildman–Crippen MR) is 65.1 cm³/mol. The highest BCUT2D eigenvalue weighted by atomic mass is 32.1. The van der Waals surface area contributed by atoms with Crippen LogP contribution in [0.15, 0.2) is 24.4 Å². The van der Waals surface area contributed by atoms with Crippen molar-refractivity contribution < 1.29 is 4.79 Å². The molecule has 0 aromatic carbocycles. The minimum absolute atomic E-state index is 0.0871. The van der Waals surface area contributed by atoms with Crippen molar-refractivity contribution in [2.45, 2.75) is 18.9 Å². The number of likely N-dealkylation sites (tertiary alicyclic amines) is 1. The SMILES string of the molecule is NC(=S)C1CCCN1C(=O)c1ccccn1. The molecule has 0 bridgehead atoms. The summed E-state index contributed by atoms with van der Waals surface area (Å²) in [5.74, 6) is -0.0871. The molecule has 5 heteroatoms. The van der Waals surface area contributed by atoms with E-state index in [4.69, 9.17) is 18.0 Å². The van der Waals surface area contributed by atoms with Crippen molar-refractivity contribution in [3.05, 3.63) is 30.1 Å². The number of aromatic nitrogens is 1. The van der Waals surface area contributed by atoms with Crippen LogP contribution < -0.4 is 5.73 Å². The summed E-state index contributed by atoms with van der Waals surface area (Å²) < 4.78 is 0. The fraction of sp³-hybridized carbons (Fsp3) is 0.364. The van der Waals surface area contributed by atoms with Crippen molar-refractivity contribution in [2.24, 2.45) is 5.73 Å². The molecule has 1 fully saturated rings. The molecule has 1 aliphatic heterocycles. The van der Waals surface area contributed by atoms with Crippen LogP contribution in [-0.2, 0) is 0 Å². The summed E-state index contributed by atoms with van der Waals surface area (Å²) in [7, 11) is 0. The van der Waals surface area contributed by atoms with Crippen molar-refractivity contribution in [1.29, 1.82) is 0 Å². The van der Waals surface area contributed by atoms with Gasteiger partial charge in [0.1, 0.15) is 5.69 Å². The van der Waals surface area contributed by atoms with Gasteiger partial charge in [-0.15, -0.1) is 0 Å². The maximum atomic E-state index is 12.1. The van der Waals surface area contributed by atoms with E-state index in [1.165, 1.54) is 0 Å². The van der Waals surface area contributed by atoms with Crippen molar-refractivity contribution in [3.63, 3.8) is 0 Å². The first-order valence-electron chi connectivity index (χ1n) is 5.21. The van der Waals surface area contributed by atoms with Crippen molar-refractivity contribution in [1.82, 2.24) is 9.88 Å². The van der Waals surface area contributed by atoms with E-state index in [1.807, 2.05) is 0 Å². The molecule has 1 aromatic heterocycles. The normalized spacial score (nSPS) is 19.8. The maximum absolute atomic E-state index is 12.1. The lowest BCUT2D eigenvalue weighted by atomic mass is 10.2. The van der Waals surface area contributed by atoms with Crippen LogP contribution in [0, 0.1) is 0 Å². The second-order valence-corrected chi connectivity index (χ2v) is 4.25. The first-order valence-corrected chi connectivity index (χ1v) is 5.62. The molecular formula is C11H13N3OS. The third-order valence-electron chi connectivity index (χ3n) is 2.73. The Bertz CT molecular complexity index is 407. The van der Waals surface area contributed by atoms with Gasteiger partial charge in [-0.25, -0.2) is 0 Å². The number of thiocarbonyl (C=S) groups is 1. The number of carbonyl (C=O) groups is 1. The van der Waals surface area contributed by atoms with Gasteiger partial charge in [0.15, 0.2) is 0 Å². The number of pyridine rings is 1. The molecule has 1 amide bonds. The van der Waals surface area contributed by atoms with E-state index in [1.54, 1.807) is 29.3 Å². The van der Waals surface area contributed by atoms with Crippen LogP contribution in [0.4, 0.5) is 0 Å².